The van der Waals surface area contributed by atoms with Crippen LogP contribution in [0.25, 0.3) is 16.4 Å². The van der Waals surface area contributed by atoms with Crippen LogP contribution >= 0.6 is 23.1 Å². The van der Waals surface area contributed by atoms with Crippen LogP contribution in [0.15, 0.2) is 71.2 Å². The SMILES string of the molecule is CCC(C)NC(=O)c1ccc(CSc2nnc(-c3cccs3)n2-c2ccc(C)cc2)cc1. The van der Waals surface area contributed by atoms with Crippen LogP contribution in [0, 0.1) is 6.92 Å². The van der Waals surface area contributed by atoms with Crippen molar-refractivity contribution in [1.82, 2.24) is 20.1 Å². The number of hydrogen-bond donors (Lipinski definition) is 1. The molecule has 4 aromatic rings. The molecule has 1 N–H and O–H groups in total. The Bertz CT molecular complexity index is 1170. The summed E-state index contributed by atoms with van der Waals surface area (Å²) >= 11 is 3.29. The van der Waals surface area contributed by atoms with Crippen molar-refractivity contribution in [1.29, 1.82) is 0 Å². The van der Waals surface area contributed by atoms with Gasteiger partial charge in [0, 0.05) is 23.0 Å². The first-order valence-electron chi connectivity index (χ1n) is 10.6. The second-order valence-electron chi connectivity index (χ2n) is 7.72. The highest BCUT2D eigenvalue weighted by Crippen LogP contribution is 2.31. The predicted octanol–water partition coefficient (Wildman–Crippen LogP) is 6.12. The molecule has 1 atom stereocenters. The number of hydrogen-bond acceptors (Lipinski definition) is 5. The van der Waals surface area contributed by atoms with E-state index in [-0.39, 0.29) is 11.9 Å². The number of aryl methyl sites for hydroxylation is 1. The molecule has 4 rings (SSSR count). The quantitative estimate of drug-likeness (QED) is 0.320. The minimum absolute atomic E-state index is 0.0294. The van der Waals surface area contributed by atoms with E-state index in [1.165, 1.54) is 5.56 Å². The lowest BCUT2D eigenvalue weighted by atomic mass is 10.1. The third kappa shape index (κ3) is 5.11. The molecule has 7 heteroatoms. The van der Waals surface area contributed by atoms with E-state index in [2.05, 4.69) is 69.6 Å². The third-order valence-electron chi connectivity index (χ3n) is 5.24. The lowest BCUT2D eigenvalue weighted by molar-refractivity contribution is 0.0939. The van der Waals surface area contributed by atoms with E-state index in [1.807, 2.05) is 37.3 Å². The second kappa shape index (κ2) is 10.1. The molecule has 164 valence electrons. The highest BCUT2D eigenvalue weighted by molar-refractivity contribution is 7.98. The van der Waals surface area contributed by atoms with Gasteiger partial charge < -0.3 is 5.32 Å². The fourth-order valence-corrected chi connectivity index (χ4v) is 4.77. The van der Waals surface area contributed by atoms with Gasteiger partial charge >= 0.3 is 0 Å². The maximum absolute atomic E-state index is 12.3. The van der Waals surface area contributed by atoms with Crippen molar-refractivity contribution >= 4 is 29.0 Å². The molecule has 2 aromatic carbocycles. The van der Waals surface area contributed by atoms with Crippen LogP contribution in [0.1, 0.15) is 41.8 Å². The van der Waals surface area contributed by atoms with Crippen LogP contribution in [0.2, 0.25) is 0 Å². The lowest BCUT2D eigenvalue weighted by Gasteiger charge is -2.12. The number of thioether (sulfide) groups is 1. The first kappa shape index (κ1) is 22.3. The average Bonchev–Trinajstić information content (AvgIpc) is 3.48. The zero-order chi connectivity index (χ0) is 22.5. The lowest BCUT2D eigenvalue weighted by Crippen LogP contribution is -2.31. The molecule has 0 spiro atoms. The molecule has 0 aliphatic rings. The van der Waals surface area contributed by atoms with Crippen molar-refractivity contribution in [2.45, 2.75) is 44.1 Å². The summed E-state index contributed by atoms with van der Waals surface area (Å²) in [6.45, 7) is 6.15. The van der Waals surface area contributed by atoms with Gasteiger partial charge in [-0.25, -0.2) is 0 Å². The Morgan fingerprint density at radius 1 is 1.09 bits per heavy atom. The maximum atomic E-state index is 12.3. The van der Waals surface area contributed by atoms with Gasteiger partial charge in [-0.1, -0.05) is 54.6 Å². The summed E-state index contributed by atoms with van der Waals surface area (Å²) in [5, 5.41) is 14.9. The van der Waals surface area contributed by atoms with Crippen LogP contribution in [0.4, 0.5) is 0 Å². The molecule has 32 heavy (non-hydrogen) atoms. The summed E-state index contributed by atoms with van der Waals surface area (Å²) in [4.78, 5) is 13.4. The Labute approximate surface area is 196 Å². The van der Waals surface area contributed by atoms with E-state index in [0.717, 1.165) is 39.3 Å². The molecular formula is C25H26N4OS2. The van der Waals surface area contributed by atoms with E-state index >= 15 is 0 Å². The molecule has 5 nitrogen and oxygen atoms in total. The van der Waals surface area contributed by atoms with Gasteiger partial charge in [0.05, 0.1) is 4.88 Å². The average molecular weight is 463 g/mol. The van der Waals surface area contributed by atoms with Crippen molar-refractivity contribution in [2.75, 3.05) is 0 Å². The van der Waals surface area contributed by atoms with Gasteiger partial charge in [-0.15, -0.1) is 21.5 Å². The van der Waals surface area contributed by atoms with Gasteiger partial charge in [0.15, 0.2) is 11.0 Å². The van der Waals surface area contributed by atoms with Crippen LogP contribution in [0.3, 0.4) is 0 Å². The Morgan fingerprint density at radius 2 is 1.84 bits per heavy atom. The molecule has 1 amide bonds. The van der Waals surface area contributed by atoms with E-state index in [1.54, 1.807) is 23.1 Å². The van der Waals surface area contributed by atoms with E-state index in [4.69, 9.17) is 0 Å². The van der Waals surface area contributed by atoms with Gasteiger partial charge in [0.1, 0.15) is 0 Å². The zero-order valence-corrected chi connectivity index (χ0v) is 20.0. The normalized spacial score (nSPS) is 12.0. The number of aromatic nitrogens is 3. The summed E-state index contributed by atoms with van der Waals surface area (Å²) < 4.78 is 2.11. The Balaban J connectivity index is 1.53. The smallest absolute Gasteiger partial charge is 0.251 e. The van der Waals surface area contributed by atoms with E-state index in [9.17, 15) is 4.79 Å². The standard InChI is InChI=1S/C25H26N4OS2/c1-4-18(3)26-24(30)20-11-9-19(10-12-20)16-32-25-28-27-23(22-6-5-15-31-22)29(25)21-13-7-17(2)8-14-21/h5-15,18H,4,16H2,1-3H3,(H,26,30). The Morgan fingerprint density at radius 3 is 2.50 bits per heavy atom. The van der Waals surface area contributed by atoms with Crippen LogP contribution in [-0.4, -0.2) is 26.7 Å². The topological polar surface area (TPSA) is 59.8 Å². The highest BCUT2D eigenvalue weighted by atomic mass is 32.2. The summed E-state index contributed by atoms with van der Waals surface area (Å²) in [5.41, 5.74) is 4.07. The number of nitrogens with one attached hydrogen (secondary N) is 1. The zero-order valence-electron chi connectivity index (χ0n) is 18.4. The number of carbonyl (C=O) groups is 1. The largest absolute Gasteiger partial charge is 0.350 e. The van der Waals surface area contributed by atoms with E-state index < -0.39 is 0 Å². The number of amides is 1. The molecule has 0 bridgehead atoms. The molecule has 0 radical (unpaired) electrons. The Hall–Kier alpha value is -2.90. The van der Waals surface area contributed by atoms with Gasteiger partial charge in [0.25, 0.3) is 5.91 Å². The molecule has 1 unspecified atom stereocenters. The predicted molar refractivity (Wildman–Crippen MR) is 133 cm³/mol. The highest BCUT2D eigenvalue weighted by Gasteiger charge is 2.17. The first-order chi connectivity index (χ1) is 15.5. The van der Waals surface area contributed by atoms with Crippen molar-refractivity contribution < 1.29 is 4.79 Å². The number of nitrogens with zero attached hydrogens (tertiary/aromatic N) is 3. The fraction of sp³-hybridized carbons (Fsp3) is 0.240. The third-order valence-corrected chi connectivity index (χ3v) is 7.11. The van der Waals surface area contributed by atoms with Crippen molar-refractivity contribution in [3.8, 4) is 16.4 Å². The minimum Gasteiger partial charge on any atom is -0.350 e. The summed E-state index contributed by atoms with van der Waals surface area (Å²) in [7, 11) is 0. The summed E-state index contributed by atoms with van der Waals surface area (Å²) in [6.07, 6.45) is 0.912. The van der Waals surface area contributed by atoms with Crippen LogP contribution in [0.5, 0.6) is 0 Å². The summed E-state index contributed by atoms with van der Waals surface area (Å²) in [6, 6.07) is 20.5. The number of benzene rings is 2. The van der Waals surface area contributed by atoms with Crippen LogP contribution < -0.4 is 5.32 Å². The number of rotatable bonds is 8. The monoisotopic (exact) mass is 462 g/mol. The molecule has 0 saturated heterocycles. The van der Waals surface area contributed by atoms with Crippen molar-refractivity contribution in [2.24, 2.45) is 0 Å². The molecule has 0 aliphatic carbocycles. The molecule has 0 fully saturated rings. The Kier molecular flexibility index (Phi) is 7.07. The van der Waals surface area contributed by atoms with Crippen molar-refractivity contribution in [3.63, 3.8) is 0 Å². The molecule has 0 saturated carbocycles. The fourth-order valence-electron chi connectivity index (χ4n) is 3.16. The van der Waals surface area contributed by atoms with Crippen molar-refractivity contribution in [3.05, 3.63) is 82.7 Å². The number of thiophene rings is 1. The molecule has 2 aromatic heterocycles. The van der Waals surface area contributed by atoms with Gasteiger partial charge in [-0.2, -0.15) is 0 Å². The van der Waals surface area contributed by atoms with Gasteiger partial charge in [-0.3, -0.25) is 9.36 Å². The summed E-state index contributed by atoms with van der Waals surface area (Å²) in [5.74, 6) is 1.56. The first-order valence-corrected chi connectivity index (χ1v) is 12.5. The van der Waals surface area contributed by atoms with Gasteiger partial charge in [0.2, 0.25) is 0 Å². The van der Waals surface area contributed by atoms with E-state index in [0.29, 0.717) is 5.56 Å². The van der Waals surface area contributed by atoms with Crippen LogP contribution in [-0.2, 0) is 5.75 Å². The molecule has 2 heterocycles. The molecule has 0 aliphatic heterocycles. The second-order valence-corrected chi connectivity index (χ2v) is 9.61. The van der Waals surface area contributed by atoms with Gasteiger partial charge in [-0.05, 0) is 61.5 Å². The molecular weight excluding hydrogens is 436 g/mol. The maximum Gasteiger partial charge on any atom is 0.251 e. The minimum atomic E-state index is -0.0294. The number of carbonyl (C=O) groups excluding carboxylic acids is 1.